The van der Waals surface area contributed by atoms with E-state index in [1.165, 1.54) is 0 Å². The molecule has 0 heterocycles. The van der Waals surface area contributed by atoms with Crippen molar-refractivity contribution < 1.29 is 26.3 Å². The molecule has 0 atom stereocenters. The number of rotatable bonds is 0. The van der Waals surface area contributed by atoms with Gasteiger partial charge in [0.05, 0.1) is 0 Å². The monoisotopic (exact) mass is 220 g/mol. The molecule has 0 aromatic rings. The summed E-state index contributed by atoms with van der Waals surface area (Å²) in [6, 6.07) is 0. The fraction of sp³-hybridized carbons (Fsp3) is 1.00. The molecule has 0 aliphatic rings. The largest absolute Gasteiger partial charge is 0.379 e. The lowest BCUT2D eigenvalue weighted by atomic mass is 11.6. The lowest BCUT2D eigenvalue weighted by molar-refractivity contribution is 0.00734. The predicted molar refractivity (Wildman–Crippen MR) is 24.5 cm³/mol. The molecular weight excluding hydrogens is 218 g/mol. The summed E-state index contributed by atoms with van der Waals surface area (Å²) in [5.74, 6) is 0. The summed E-state index contributed by atoms with van der Waals surface area (Å²) in [7, 11) is 0. The van der Waals surface area contributed by atoms with Crippen molar-refractivity contribution in [1.82, 2.24) is 0 Å². The highest BCUT2D eigenvalue weighted by Crippen LogP contribution is 1.87. The van der Waals surface area contributed by atoms with Gasteiger partial charge in [-0.1, -0.05) is 0 Å². The van der Waals surface area contributed by atoms with Crippen molar-refractivity contribution in [3.63, 3.8) is 0 Å². The Morgan fingerprint density at radius 1 is 0.556 bits per heavy atom. The van der Waals surface area contributed by atoms with Gasteiger partial charge in [-0.25, -0.2) is 0 Å². The first-order valence-corrected chi connectivity index (χ1v) is 1.31. The summed E-state index contributed by atoms with van der Waals surface area (Å²) in [5, 5.41) is 0. The number of hydrogen-bond acceptors (Lipinski definition) is 0. The van der Waals surface area contributed by atoms with Gasteiger partial charge in [-0.05, 0) is 0 Å². The van der Waals surface area contributed by atoms with Crippen LogP contribution in [0.4, 0.5) is 26.3 Å². The van der Waals surface area contributed by atoms with Gasteiger partial charge in [0.2, 0.25) is 0 Å². The highest BCUT2D eigenvalue weighted by Gasteiger charge is 1.86. The minimum absolute atomic E-state index is 0. The van der Waals surface area contributed by atoms with E-state index in [-0.39, 0.29) is 17.0 Å². The smallest absolute Gasteiger partial charge is 0.174 e. The molecule has 0 N–H and O–H groups in total. The van der Waals surface area contributed by atoms with Gasteiger partial charge in [-0.2, -0.15) is 26.3 Å². The van der Waals surface area contributed by atoms with Crippen molar-refractivity contribution in [1.29, 1.82) is 0 Å². The zero-order valence-corrected chi connectivity index (χ0v) is 5.54. The lowest BCUT2D eigenvalue weighted by Gasteiger charge is -1.65. The molecule has 0 saturated carbocycles. The van der Waals surface area contributed by atoms with Crippen molar-refractivity contribution >= 4 is 17.0 Å². The van der Waals surface area contributed by atoms with Crippen LogP contribution < -0.4 is 0 Å². The molecule has 0 rings (SSSR count). The van der Waals surface area contributed by atoms with Crippen molar-refractivity contribution in [2.24, 2.45) is 0 Å². The van der Waals surface area contributed by atoms with Gasteiger partial charge in [0, 0.05) is 0 Å². The molecule has 0 saturated heterocycles. The van der Waals surface area contributed by atoms with E-state index in [0.717, 1.165) is 0 Å². The summed E-state index contributed by atoms with van der Waals surface area (Å²) in [4.78, 5) is 0. The van der Waals surface area contributed by atoms with E-state index in [1.54, 1.807) is 0 Å². The SMILES string of the molecule is Br.FC(F)F.FC(F)F. The first kappa shape index (κ1) is 16.0. The average molecular weight is 221 g/mol. The molecule has 0 aromatic heterocycles. The van der Waals surface area contributed by atoms with Gasteiger partial charge < -0.3 is 0 Å². The molecule has 7 heteroatoms. The second-order valence-electron chi connectivity index (χ2n) is 0.495. The Labute approximate surface area is 57.6 Å². The molecule has 60 valence electrons. The third-order valence-corrected chi connectivity index (χ3v) is 0. The van der Waals surface area contributed by atoms with E-state index in [4.69, 9.17) is 0 Å². The fourth-order valence-electron chi connectivity index (χ4n) is 0. The number of hydrogen-bond donors (Lipinski definition) is 0. The van der Waals surface area contributed by atoms with E-state index in [2.05, 4.69) is 0 Å². The predicted octanol–water partition coefficient (Wildman–Crippen LogP) is 2.93. The minimum Gasteiger partial charge on any atom is -0.174 e. The van der Waals surface area contributed by atoms with E-state index in [1.807, 2.05) is 0 Å². The van der Waals surface area contributed by atoms with E-state index >= 15 is 0 Å². The molecule has 0 aliphatic carbocycles. The highest BCUT2D eigenvalue weighted by atomic mass is 79.9. The first-order chi connectivity index (χ1) is 3.46. The number of alkyl halides is 6. The van der Waals surface area contributed by atoms with Crippen molar-refractivity contribution in [3.8, 4) is 0 Å². The van der Waals surface area contributed by atoms with E-state index in [9.17, 15) is 26.3 Å². The molecule has 0 aliphatic heterocycles. The van der Waals surface area contributed by atoms with Crippen LogP contribution in [0.2, 0.25) is 0 Å². The fourth-order valence-corrected chi connectivity index (χ4v) is 0. The van der Waals surface area contributed by atoms with E-state index < -0.39 is 13.4 Å². The maximum absolute atomic E-state index is 9.67. The van der Waals surface area contributed by atoms with Crippen LogP contribution in [0.5, 0.6) is 0 Å². The molecule has 0 nitrogen and oxygen atoms in total. The Hall–Kier alpha value is 0.0600. The minimum atomic E-state index is -3.67. The maximum Gasteiger partial charge on any atom is 0.379 e. The van der Waals surface area contributed by atoms with Gasteiger partial charge in [0.25, 0.3) is 0 Å². The van der Waals surface area contributed by atoms with Gasteiger partial charge in [-0.15, -0.1) is 17.0 Å². The van der Waals surface area contributed by atoms with Crippen LogP contribution in [0.1, 0.15) is 0 Å². The Morgan fingerprint density at radius 3 is 0.556 bits per heavy atom. The first-order valence-electron chi connectivity index (χ1n) is 1.31. The average Bonchev–Trinajstić information content (AvgIpc) is 1.25. The third-order valence-electron chi connectivity index (χ3n) is 0. The van der Waals surface area contributed by atoms with Crippen LogP contribution in [0.3, 0.4) is 0 Å². The van der Waals surface area contributed by atoms with Crippen molar-refractivity contribution in [2.45, 2.75) is 13.4 Å². The summed E-state index contributed by atoms with van der Waals surface area (Å²) >= 11 is 0. The van der Waals surface area contributed by atoms with Crippen molar-refractivity contribution in [2.75, 3.05) is 0 Å². The summed E-state index contributed by atoms with van der Waals surface area (Å²) in [6.07, 6.45) is 0. The molecule has 0 radical (unpaired) electrons. The zero-order valence-electron chi connectivity index (χ0n) is 3.83. The molecule has 0 bridgehead atoms. The van der Waals surface area contributed by atoms with E-state index in [0.29, 0.717) is 0 Å². The van der Waals surface area contributed by atoms with Crippen LogP contribution in [-0.2, 0) is 0 Å². The van der Waals surface area contributed by atoms with Crippen LogP contribution in [0.15, 0.2) is 0 Å². The second-order valence-corrected chi connectivity index (χ2v) is 0.495. The molecule has 9 heavy (non-hydrogen) atoms. The summed E-state index contributed by atoms with van der Waals surface area (Å²) in [5.41, 5.74) is 0. The molecule has 0 aromatic carbocycles. The topological polar surface area (TPSA) is 0 Å². The molecule has 0 fully saturated rings. The molecule has 0 unspecified atom stereocenters. The third kappa shape index (κ3) is 82200. The Bertz CT molecular complexity index is 26.5. The van der Waals surface area contributed by atoms with Crippen LogP contribution in [0.25, 0.3) is 0 Å². The Morgan fingerprint density at radius 2 is 0.556 bits per heavy atom. The quantitative estimate of drug-likeness (QED) is 0.551. The standard InChI is InChI=1S/2CHF3.BrH/c2*2-1(3)4;/h2*1H;1H. The number of halogens is 7. The van der Waals surface area contributed by atoms with Gasteiger partial charge in [0.15, 0.2) is 0 Å². The Balaban J connectivity index is -0.0000000720. The molecular formula is C2H3BrF6. The molecule has 0 amide bonds. The van der Waals surface area contributed by atoms with Crippen LogP contribution in [-0.4, -0.2) is 13.4 Å². The normalized spacial score (nSPS) is 8.00. The summed E-state index contributed by atoms with van der Waals surface area (Å²) < 4.78 is 58.0. The van der Waals surface area contributed by atoms with Gasteiger partial charge in [0.1, 0.15) is 0 Å². The molecule has 0 spiro atoms. The highest BCUT2D eigenvalue weighted by molar-refractivity contribution is 8.93. The zero-order chi connectivity index (χ0) is 7.15. The van der Waals surface area contributed by atoms with Crippen LogP contribution in [0, 0.1) is 0 Å². The maximum atomic E-state index is 9.67. The Kier molecular flexibility index (Phi) is 19.5. The lowest BCUT2D eigenvalue weighted by Crippen LogP contribution is -1.65. The second kappa shape index (κ2) is 10.9. The van der Waals surface area contributed by atoms with Gasteiger partial charge >= 0.3 is 13.4 Å². The van der Waals surface area contributed by atoms with Crippen LogP contribution >= 0.6 is 17.0 Å². The summed E-state index contributed by atoms with van der Waals surface area (Å²) in [6.45, 7) is -7.33. The van der Waals surface area contributed by atoms with Gasteiger partial charge in [-0.3, -0.25) is 0 Å². The van der Waals surface area contributed by atoms with Crippen molar-refractivity contribution in [3.05, 3.63) is 0 Å².